The van der Waals surface area contributed by atoms with Crippen molar-refractivity contribution >= 4 is 0 Å². The number of nitrogens with zero attached hydrogens (tertiary/aromatic N) is 1. The number of phenols is 1. The number of hydrogen-bond donors (Lipinski definition) is 2. The number of aromatic hydroxyl groups is 1. The zero-order chi connectivity index (χ0) is 15.1. The molecule has 0 amide bonds. The smallest absolute Gasteiger partial charge is 0.115 e. The van der Waals surface area contributed by atoms with Gasteiger partial charge in [-0.2, -0.15) is 0 Å². The van der Waals surface area contributed by atoms with Crippen molar-refractivity contribution < 1.29 is 9.84 Å². The Morgan fingerprint density at radius 2 is 2.14 bits per heavy atom. The fourth-order valence-corrected chi connectivity index (χ4v) is 3.18. The molecule has 21 heavy (non-hydrogen) atoms. The van der Waals surface area contributed by atoms with Gasteiger partial charge in [0.25, 0.3) is 0 Å². The second-order valence-corrected chi connectivity index (χ2v) is 5.80. The maximum Gasteiger partial charge on any atom is 0.115 e. The molecular formula is C17H28N2O2. The molecule has 2 N–H and O–H groups in total. The molecule has 1 aliphatic heterocycles. The van der Waals surface area contributed by atoms with E-state index in [9.17, 15) is 5.11 Å². The monoisotopic (exact) mass is 292 g/mol. The third-order valence-electron chi connectivity index (χ3n) is 4.31. The molecule has 0 saturated carbocycles. The average molecular weight is 292 g/mol. The summed E-state index contributed by atoms with van der Waals surface area (Å²) in [5, 5.41) is 13.1. The first-order valence-electron chi connectivity index (χ1n) is 8.00. The Hall–Kier alpha value is -1.10. The Morgan fingerprint density at radius 3 is 2.71 bits per heavy atom. The molecule has 1 aromatic rings. The largest absolute Gasteiger partial charge is 0.508 e. The first-order valence-corrected chi connectivity index (χ1v) is 8.00. The van der Waals surface area contributed by atoms with E-state index in [0.717, 1.165) is 32.7 Å². The number of rotatable bonds is 8. The van der Waals surface area contributed by atoms with E-state index in [1.54, 1.807) is 19.2 Å². The van der Waals surface area contributed by atoms with Gasteiger partial charge in [-0.3, -0.25) is 4.90 Å². The van der Waals surface area contributed by atoms with Gasteiger partial charge in [0.1, 0.15) is 5.75 Å². The van der Waals surface area contributed by atoms with Gasteiger partial charge in [-0.05, 0) is 43.5 Å². The highest BCUT2D eigenvalue weighted by Gasteiger charge is 2.23. The summed E-state index contributed by atoms with van der Waals surface area (Å²) < 4.78 is 5.28. The first kappa shape index (κ1) is 16.3. The molecule has 2 atom stereocenters. The van der Waals surface area contributed by atoms with Crippen LogP contribution in [0.2, 0.25) is 0 Å². The molecule has 0 aromatic heterocycles. The molecular weight excluding hydrogens is 264 g/mol. The van der Waals surface area contributed by atoms with Crippen LogP contribution in [-0.4, -0.2) is 49.4 Å². The lowest BCUT2D eigenvalue weighted by Gasteiger charge is -2.33. The van der Waals surface area contributed by atoms with Gasteiger partial charge in [-0.1, -0.05) is 19.1 Å². The van der Waals surface area contributed by atoms with Gasteiger partial charge in [-0.25, -0.2) is 0 Å². The standard InChI is InChI=1S/C17H28N2O2/c1-3-17(14-6-8-16(20)9-7-14)19(11-12-21-2)13-15-5-4-10-18-15/h6-9,15,17-18,20H,3-5,10-13H2,1-2H3. The molecule has 0 aliphatic carbocycles. The van der Waals surface area contributed by atoms with Crippen LogP contribution in [0.5, 0.6) is 5.75 Å². The number of ether oxygens (including phenoxy) is 1. The van der Waals surface area contributed by atoms with Gasteiger partial charge in [0.05, 0.1) is 6.61 Å². The summed E-state index contributed by atoms with van der Waals surface area (Å²) in [6.45, 7) is 6.11. The molecule has 0 bridgehead atoms. The quantitative estimate of drug-likeness (QED) is 0.773. The second-order valence-electron chi connectivity index (χ2n) is 5.80. The fourth-order valence-electron chi connectivity index (χ4n) is 3.18. The highest BCUT2D eigenvalue weighted by molar-refractivity contribution is 5.28. The van der Waals surface area contributed by atoms with Crippen molar-refractivity contribution in [2.45, 2.75) is 38.3 Å². The molecule has 1 saturated heterocycles. The van der Waals surface area contributed by atoms with Crippen LogP contribution in [-0.2, 0) is 4.74 Å². The van der Waals surface area contributed by atoms with E-state index >= 15 is 0 Å². The van der Waals surface area contributed by atoms with Gasteiger partial charge in [0.2, 0.25) is 0 Å². The molecule has 1 fully saturated rings. The van der Waals surface area contributed by atoms with E-state index in [0.29, 0.717) is 17.8 Å². The molecule has 2 rings (SSSR count). The van der Waals surface area contributed by atoms with E-state index in [2.05, 4.69) is 17.1 Å². The maximum atomic E-state index is 9.48. The number of benzene rings is 1. The zero-order valence-electron chi connectivity index (χ0n) is 13.2. The molecule has 0 spiro atoms. The fraction of sp³-hybridized carbons (Fsp3) is 0.647. The van der Waals surface area contributed by atoms with Crippen molar-refractivity contribution in [2.75, 3.05) is 33.4 Å². The zero-order valence-corrected chi connectivity index (χ0v) is 13.2. The lowest BCUT2D eigenvalue weighted by molar-refractivity contribution is 0.110. The Balaban J connectivity index is 2.08. The van der Waals surface area contributed by atoms with Crippen molar-refractivity contribution in [2.24, 2.45) is 0 Å². The minimum Gasteiger partial charge on any atom is -0.508 e. The van der Waals surface area contributed by atoms with Crippen LogP contribution in [0.25, 0.3) is 0 Å². The molecule has 1 heterocycles. The van der Waals surface area contributed by atoms with Gasteiger partial charge in [0.15, 0.2) is 0 Å². The number of hydrogen-bond acceptors (Lipinski definition) is 4. The van der Waals surface area contributed by atoms with Crippen molar-refractivity contribution in [3.63, 3.8) is 0 Å². The summed E-state index contributed by atoms with van der Waals surface area (Å²) in [5.41, 5.74) is 1.27. The Morgan fingerprint density at radius 1 is 1.38 bits per heavy atom. The van der Waals surface area contributed by atoms with Gasteiger partial charge < -0.3 is 15.2 Å². The lowest BCUT2D eigenvalue weighted by Crippen LogP contribution is -2.41. The normalized spacial score (nSPS) is 20.0. The van der Waals surface area contributed by atoms with Crippen molar-refractivity contribution in [1.82, 2.24) is 10.2 Å². The summed E-state index contributed by atoms with van der Waals surface area (Å²) in [6, 6.07) is 8.59. The van der Waals surface area contributed by atoms with E-state index in [1.165, 1.54) is 18.4 Å². The van der Waals surface area contributed by atoms with Crippen LogP contribution < -0.4 is 5.32 Å². The highest BCUT2D eigenvalue weighted by Crippen LogP contribution is 2.26. The second kappa shape index (κ2) is 8.37. The number of methoxy groups -OCH3 is 1. The molecule has 4 nitrogen and oxygen atoms in total. The highest BCUT2D eigenvalue weighted by atomic mass is 16.5. The van der Waals surface area contributed by atoms with Crippen LogP contribution in [0.3, 0.4) is 0 Å². The third-order valence-corrected chi connectivity index (χ3v) is 4.31. The predicted octanol–water partition coefficient (Wildman–Crippen LogP) is 2.54. The minimum absolute atomic E-state index is 0.328. The molecule has 2 unspecified atom stereocenters. The predicted molar refractivity (Wildman–Crippen MR) is 85.6 cm³/mol. The van der Waals surface area contributed by atoms with Crippen LogP contribution >= 0.6 is 0 Å². The van der Waals surface area contributed by atoms with Crippen molar-refractivity contribution in [3.8, 4) is 5.75 Å². The molecule has 4 heteroatoms. The Kier molecular flexibility index (Phi) is 6.49. The van der Waals surface area contributed by atoms with E-state index in [1.807, 2.05) is 12.1 Å². The maximum absolute atomic E-state index is 9.48. The summed E-state index contributed by atoms with van der Waals surface area (Å²) in [6.07, 6.45) is 3.59. The minimum atomic E-state index is 0.328. The molecule has 1 aromatic carbocycles. The average Bonchev–Trinajstić information content (AvgIpc) is 3.00. The lowest BCUT2D eigenvalue weighted by atomic mass is 10.0. The summed E-state index contributed by atoms with van der Waals surface area (Å²) in [7, 11) is 1.76. The summed E-state index contributed by atoms with van der Waals surface area (Å²) in [5.74, 6) is 0.328. The molecule has 0 radical (unpaired) electrons. The topological polar surface area (TPSA) is 44.7 Å². The third kappa shape index (κ3) is 4.70. The van der Waals surface area contributed by atoms with Gasteiger partial charge >= 0.3 is 0 Å². The number of phenolic OH excluding ortho intramolecular Hbond substituents is 1. The van der Waals surface area contributed by atoms with E-state index in [4.69, 9.17) is 4.74 Å². The molecule has 118 valence electrons. The van der Waals surface area contributed by atoms with Crippen molar-refractivity contribution in [1.29, 1.82) is 0 Å². The first-order chi connectivity index (χ1) is 10.2. The van der Waals surface area contributed by atoms with E-state index in [-0.39, 0.29) is 0 Å². The van der Waals surface area contributed by atoms with Crippen LogP contribution in [0, 0.1) is 0 Å². The van der Waals surface area contributed by atoms with Crippen LogP contribution in [0.15, 0.2) is 24.3 Å². The summed E-state index contributed by atoms with van der Waals surface area (Å²) in [4.78, 5) is 2.51. The molecule has 1 aliphatic rings. The summed E-state index contributed by atoms with van der Waals surface area (Å²) >= 11 is 0. The van der Waals surface area contributed by atoms with Crippen molar-refractivity contribution in [3.05, 3.63) is 29.8 Å². The van der Waals surface area contributed by atoms with Gasteiger partial charge in [-0.15, -0.1) is 0 Å². The number of nitrogens with one attached hydrogen (secondary N) is 1. The Labute approximate surface area is 128 Å². The van der Waals surface area contributed by atoms with Crippen LogP contribution in [0.1, 0.15) is 37.8 Å². The van der Waals surface area contributed by atoms with E-state index < -0.39 is 0 Å². The SMILES string of the molecule is CCC(c1ccc(O)cc1)N(CCOC)CC1CCCN1. The van der Waals surface area contributed by atoms with Gasteiger partial charge in [0, 0.05) is 32.3 Å². The Bertz CT molecular complexity index is 402. The van der Waals surface area contributed by atoms with Crippen LogP contribution in [0.4, 0.5) is 0 Å².